The Morgan fingerprint density at radius 3 is 2.36 bits per heavy atom. The van der Waals surface area contributed by atoms with E-state index in [0.717, 1.165) is 0 Å². The van der Waals surface area contributed by atoms with E-state index in [4.69, 9.17) is 0 Å². The van der Waals surface area contributed by atoms with Crippen LogP contribution in [0, 0.1) is 11.8 Å². The quantitative estimate of drug-likeness (QED) is 0.503. The molecule has 2 aromatic rings. The van der Waals surface area contributed by atoms with E-state index in [1.165, 1.54) is 9.30 Å². The van der Waals surface area contributed by atoms with Crippen molar-refractivity contribution in [2.45, 2.75) is 32.4 Å². The van der Waals surface area contributed by atoms with Crippen LogP contribution in [0.5, 0.6) is 0 Å². The van der Waals surface area contributed by atoms with Crippen molar-refractivity contribution in [3.8, 4) is 0 Å². The molecule has 172 valence electrons. The number of imide groups is 1. The van der Waals surface area contributed by atoms with Crippen molar-refractivity contribution in [3.05, 3.63) is 58.7 Å². The molecule has 2 aliphatic heterocycles. The average molecular weight is 450 g/mol. The van der Waals surface area contributed by atoms with E-state index >= 15 is 0 Å². The van der Waals surface area contributed by atoms with Gasteiger partial charge in [0, 0.05) is 45.0 Å². The fraction of sp³-hybridized carbons (Fsp3) is 0.458. The summed E-state index contributed by atoms with van der Waals surface area (Å²) < 4.78 is 1.51. The maximum absolute atomic E-state index is 13.1. The van der Waals surface area contributed by atoms with Gasteiger partial charge >= 0.3 is 0 Å². The largest absolute Gasteiger partial charge is 0.338 e. The second-order valence-electron chi connectivity index (χ2n) is 8.99. The Morgan fingerprint density at radius 1 is 1.03 bits per heavy atom. The van der Waals surface area contributed by atoms with E-state index in [1.54, 1.807) is 36.2 Å². The minimum absolute atomic E-state index is 0.117. The highest BCUT2D eigenvalue weighted by Crippen LogP contribution is 2.36. The van der Waals surface area contributed by atoms with Gasteiger partial charge in [0.2, 0.25) is 17.7 Å². The van der Waals surface area contributed by atoms with Gasteiger partial charge < -0.3 is 4.90 Å². The van der Waals surface area contributed by atoms with Gasteiger partial charge in [-0.2, -0.15) is 0 Å². The van der Waals surface area contributed by atoms with Crippen LogP contribution in [-0.4, -0.2) is 74.0 Å². The van der Waals surface area contributed by atoms with Crippen molar-refractivity contribution >= 4 is 23.4 Å². The predicted octanol–water partition coefficient (Wildman–Crippen LogP) is 0.678. The molecule has 0 saturated carbocycles. The smallest absolute Gasteiger partial charge is 0.258 e. The summed E-state index contributed by atoms with van der Waals surface area (Å²) in [6, 6.07) is 6.20. The van der Waals surface area contributed by atoms with Crippen molar-refractivity contribution in [3.63, 3.8) is 0 Å². The van der Waals surface area contributed by atoms with Crippen LogP contribution in [0.4, 0.5) is 0 Å². The molecule has 3 atom stereocenters. The SMILES string of the molecule is C[C@H](C(=O)N1CCN(Cc2cc(=O)n3ccccc3n2)CC1)N1C(=O)[C@H]2CC=CC[C@H]2C1=O. The van der Waals surface area contributed by atoms with Gasteiger partial charge in [0.25, 0.3) is 5.56 Å². The molecule has 5 rings (SSSR count). The van der Waals surface area contributed by atoms with Crippen LogP contribution < -0.4 is 5.56 Å². The van der Waals surface area contributed by atoms with Crippen LogP contribution in [0.3, 0.4) is 0 Å². The first-order chi connectivity index (χ1) is 15.9. The van der Waals surface area contributed by atoms with Crippen LogP contribution in [0.15, 0.2) is 47.4 Å². The number of pyridine rings is 1. The van der Waals surface area contributed by atoms with Gasteiger partial charge in [-0.15, -0.1) is 0 Å². The topological polar surface area (TPSA) is 95.3 Å². The highest BCUT2D eigenvalue weighted by Gasteiger charge is 2.50. The van der Waals surface area contributed by atoms with Crippen molar-refractivity contribution < 1.29 is 14.4 Å². The van der Waals surface area contributed by atoms with E-state index in [0.29, 0.717) is 56.9 Å². The molecular weight excluding hydrogens is 422 g/mol. The summed E-state index contributed by atoms with van der Waals surface area (Å²) in [5.41, 5.74) is 1.19. The van der Waals surface area contributed by atoms with Crippen LogP contribution in [0.1, 0.15) is 25.5 Å². The molecule has 3 amide bonds. The summed E-state index contributed by atoms with van der Waals surface area (Å²) in [5, 5.41) is 0. The third-order valence-corrected chi connectivity index (χ3v) is 6.98. The zero-order chi connectivity index (χ0) is 23.1. The van der Waals surface area contributed by atoms with Gasteiger partial charge in [-0.05, 0) is 31.9 Å². The molecule has 1 aliphatic carbocycles. The Balaban J connectivity index is 1.20. The lowest BCUT2D eigenvalue weighted by Crippen LogP contribution is -2.55. The molecule has 0 radical (unpaired) electrons. The van der Waals surface area contributed by atoms with E-state index < -0.39 is 6.04 Å². The Kier molecular flexibility index (Phi) is 5.57. The zero-order valence-corrected chi connectivity index (χ0v) is 18.6. The predicted molar refractivity (Wildman–Crippen MR) is 120 cm³/mol. The van der Waals surface area contributed by atoms with Crippen molar-refractivity contribution in [2.24, 2.45) is 11.8 Å². The normalized spacial score (nSPS) is 24.4. The van der Waals surface area contributed by atoms with Crippen molar-refractivity contribution in [1.29, 1.82) is 0 Å². The monoisotopic (exact) mass is 449 g/mol. The lowest BCUT2D eigenvalue weighted by molar-refractivity contribution is -0.151. The number of hydrogen-bond acceptors (Lipinski definition) is 6. The van der Waals surface area contributed by atoms with Gasteiger partial charge in [-0.3, -0.25) is 33.4 Å². The summed E-state index contributed by atoms with van der Waals surface area (Å²) in [6.45, 7) is 4.44. The number of hydrogen-bond donors (Lipinski definition) is 0. The molecule has 33 heavy (non-hydrogen) atoms. The Hall–Kier alpha value is -3.33. The fourth-order valence-electron chi connectivity index (χ4n) is 5.12. The van der Waals surface area contributed by atoms with E-state index in [1.807, 2.05) is 18.2 Å². The van der Waals surface area contributed by atoms with Gasteiger partial charge in [0.05, 0.1) is 17.5 Å². The summed E-state index contributed by atoms with van der Waals surface area (Å²) in [4.78, 5) is 60.7. The number of likely N-dealkylation sites (tertiary alicyclic amines) is 1. The molecule has 3 aliphatic rings. The fourth-order valence-corrected chi connectivity index (χ4v) is 5.12. The summed E-state index contributed by atoms with van der Waals surface area (Å²) in [6.07, 6.45) is 6.72. The van der Waals surface area contributed by atoms with Crippen LogP contribution in [-0.2, 0) is 20.9 Å². The first-order valence-corrected chi connectivity index (χ1v) is 11.4. The van der Waals surface area contributed by atoms with E-state index in [-0.39, 0.29) is 35.1 Å². The number of nitrogens with zero attached hydrogens (tertiary/aromatic N) is 5. The molecule has 0 aromatic carbocycles. The molecule has 2 saturated heterocycles. The van der Waals surface area contributed by atoms with Gasteiger partial charge in [-0.25, -0.2) is 4.98 Å². The van der Waals surface area contributed by atoms with Gasteiger partial charge in [0.1, 0.15) is 11.7 Å². The molecule has 0 bridgehead atoms. The minimum Gasteiger partial charge on any atom is -0.338 e. The summed E-state index contributed by atoms with van der Waals surface area (Å²) in [7, 11) is 0. The van der Waals surface area contributed by atoms with Crippen molar-refractivity contribution in [2.75, 3.05) is 26.2 Å². The molecule has 2 fully saturated rings. The van der Waals surface area contributed by atoms with Crippen LogP contribution in [0.2, 0.25) is 0 Å². The van der Waals surface area contributed by atoms with Gasteiger partial charge in [0.15, 0.2) is 0 Å². The van der Waals surface area contributed by atoms with Crippen LogP contribution >= 0.6 is 0 Å². The van der Waals surface area contributed by atoms with Crippen molar-refractivity contribution in [1.82, 2.24) is 24.1 Å². The maximum Gasteiger partial charge on any atom is 0.258 e. The number of piperazine rings is 1. The molecule has 0 unspecified atom stereocenters. The molecule has 9 heteroatoms. The second kappa shape index (κ2) is 8.55. The Morgan fingerprint density at radius 2 is 1.70 bits per heavy atom. The minimum atomic E-state index is -0.788. The van der Waals surface area contributed by atoms with E-state index in [2.05, 4.69) is 9.88 Å². The Bertz CT molecular complexity index is 1170. The van der Waals surface area contributed by atoms with Crippen LogP contribution in [0.25, 0.3) is 5.65 Å². The number of carbonyl (C=O) groups is 3. The number of allylic oxidation sites excluding steroid dienone is 2. The number of amides is 3. The van der Waals surface area contributed by atoms with Gasteiger partial charge in [-0.1, -0.05) is 18.2 Å². The first-order valence-electron chi connectivity index (χ1n) is 11.4. The zero-order valence-electron chi connectivity index (χ0n) is 18.6. The number of carbonyl (C=O) groups excluding carboxylic acids is 3. The highest BCUT2D eigenvalue weighted by atomic mass is 16.2. The molecule has 0 spiro atoms. The Labute approximate surface area is 191 Å². The number of rotatable bonds is 4. The molecule has 9 nitrogen and oxygen atoms in total. The molecular formula is C24H27N5O4. The molecule has 4 heterocycles. The summed E-state index contributed by atoms with van der Waals surface area (Å²) >= 11 is 0. The summed E-state index contributed by atoms with van der Waals surface area (Å²) in [5.74, 6) is -1.28. The highest BCUT2D eigenvalue weighted by molar-refractivity contribution is 6.08. The molecule has 0 N–H and O–H groups in total. The maximum atomic E-state index is 13.1. The van der Waals surface area contributed by atoms with E-state index in [9.17, 15) is 19.2 Å². The number of fused-ring (bicyclic) bond motifs is 2. The lowest BCUT2D eigenvalue weighted by atomic mass is 9.85. The first kappa shape index (κ1) is 21.5. The third-order valence-electron chi connectivity index (χ3n) is 6.98. The third kappa shape index (κ3) is 3.86. The molecule has 2 aromatic heterocycles. The standard InChI is InChI=1S/C24H27N5O4/c1-16(29-23(32)18-6-2-3-7-19(18)24(29)33)22(31)27-12-10-26(11-13-27)15-17-14-21(30)28-9-5-4-8-20(28)25-17/h2-5,8-9,14,16,18-19H,6-7,10-13,15H2,1H3/t16-,18-,19+/m1/s1. The second-order valence-corrected chi connectivity index (χ2v) is 8.99. The average Bonchev–Trinajstić information content (AvgIpc) is 3.09. The number of aromatic nitrogens is 2. The lowest BCUT2D eigenvalue weighted by Gasteiger charge is -2.37.